The number of fused-ring (bicyclic) bond motifs is 2. The number of esters is 1. The third-order valence-corrected chi connectivity index (χ3v) is 6.54. The second-order valence-electron chi connectivity index (χ2n) is 8.24. The van der Waals surface area contributed by atoms with E-state index in [2.05, 4.69) is 9.88 Å². The predicted molar refractivity (Wildman–Crippen MR) is 101 cm³/mol. The van der Waals surface area contributed by atoms with Gasteiger partial charge >= 0.3 is 5.97 Å². The zero-order valence-corrected chi connectivity index (χ0v) is 16.2. The number of hydrogen-bond donors (Lipinski definition) is 0. The molecule has 1 saturated carbocycles. The van der Waals surface area contributed by atoms with Gasteiger partial charge in [0.15, 0.2) is 0 Å². The molecule has 27 heavy (non-hydrogen) atoms. The highest BCUT2D eigenvalue weighted by molar-refractivity contribution is 5.94. The lowest BCUT2D eigenvalue weighted by atomic mass is 9.75. The summed E-state index contributed by atoms with van der Waals surface area (Å²) in [7, 11) is 1.92. The van der Waals surface area contributed by atoms with Gasteiger partial charge in [0.25, 0.3) is 0 Å². The van der Waals surface area contributed by atoms with Crippen molar-refractivity contribution >= 4 is 11.9 Å². The fourth-order valence-electron chi connectivity index (χ4n) is 4.82. The van der Waals surface area contributed by atoms with E-state index in [4.69, 9.17) is 4.74 Å². The van der Waals surface area contributed by atoms with Gasteiger partial charge in [0.2, 0.25) is 5.91 Å². The first kappa shape index (κ1) is 18.4. The molecule has 0 bridgehead atoms. The second-order valence-corrected chi connectivity index (χ2v) is 8.24. The van der Waals surface area contributed by atoms with E-state index in [1.165, 1.54) is 19.3 Å². The number of hydrogen-bond acceptors (Lipinski definition) is 5. The van der Waals surface area contributed by atoms with Gasteiger partial charge in [-0.05, 0) is 57.7 Å². The maximum Gasteiger partial charge on any atom is 0.339 e. The summed E-state index contributed by atoms with van der Waals surface area (Å²) < 4.78 is 5.77. The average molecular weight is 371 g/mol. The minimum absolute atomic E-state index is 0.0291. The van der Waals surface area contributed by atoms with Crippen LogP contribution < -0.4 is 0 Å². The van der Waals surface area contributed by atoms with Crippen LogP contribution in [0.25, 0.3) is 0 Å². The molecule has 1 saturated heterocycles. The summed E-state index contributed by atoms with van der Waals surface area (Å²) in [5, 5.41) is 0. The molecule has 6 nitrogen and oxygen atoms in total. The number of likely N-dealkylation sites (tertiary alicyclic amines) is 1. The lowest BCUT2D eigenvalue weighted by molar-refractivity contribution is -0.137. The van der Waals surface area contributed by atoms with Crippen molar-refractivity contribution in [1.29, 1.82) is 0 Å². The Morgan fingerprint density at radius 1 is 1.30 bits per heavy atom. The van der Waals surface area contributed by atoms with Crippen LogP contribution in [0.1, 0.15) is 60.9 Å². The van der Waals surface area contributed by atoms with Crippen LogP contribution in [0.15, 0.2) is 18.5 Å². The lowest BCUT2D eigenvalue weighted by Gasteiger charge is -2.37. The van der Waals surface area contributed by atoms with Crippen molar-refractivity contribution in [3.63, 3.8) is 0 Å². The first-order valence-corrected chi connectivity index (χ1v) is 10.2. The highest BCUT2D eigenvalue weighted by atomic mass is 16.6. The number of carbonyl (C=O) groups is 2. The molecular weight excluding hydrogens is 342 g/mol. The molecule has 1 aromatic heterocycles. The molecule has 1 aliphatic carbocycles. The molecule has 1 aromatic rings. The van der Waals surface area contributed by atoms with Crippen molar-refractivity contribution < 1.29 is 14.3 Å². The number of ether oxygens (including phenoxy) is 1. The Hall–Kier alpha value is -1.95. The molecule has 2 aliphatic heterocycles. The van der Waals surface area contributed by atoms with Crippen molar-refractivity contribution in [2.75, 3.05) is 33.2 Å². The molecule has 0 unspecified atom stereocenters. The van der Waals surface area contributed by atoms with E-state index in [1.807, 2.05) is 11.9 Å². The fraction of sp³-hybridized carbons (Fsp3) is 0.667. The monoisotopic (exact) mass is 371 g/mol. The van der Waals surface area contributed by atoms with Gasteiger partial charge in [0, 0.05) is 44.0 Å². The molecule has 0 radical (unpaired) electrons. The Kier molecular flexibility index (Phi) is 5.17. The Bertz CT molecular complexity index is 706. The predicted octanol–water partition coefficient (Wildman–Crippen LogP) is 2.58. The third-order valence-electron chi connectivity index (χ3n) is 6.54. The maximum atomic E-state index is 12.9. The van der Waals surface area contributed by atoms with Crippen molar-refractivity contribution in [2.24, 2.45) is 5.92 Å². The van der Waals surface area contributed by atoms with Crippen LogP contribution in [0.3, 0.4) is 0 Å². The van der Waals surface area contributed by atoms with Gasteiger partial charge < -0.3 is 14.5 Å². The molecule has 2 fully saturated rings. The van der Waals surface area contributed by atoms with Crippen LogP contribution in [0.4, 0.5) is 0 Å². The Labute approximate surface area is 160 Å². The van der Waals surface area contributed by atoms with Crippen molar-refractivity contribution in [3.05, 3.63) is 29.6 Å². The molecule has 0 aromatic carbocycles. The summed E-state index contributed by atoms with van der Waals surface area (Å²) in [4.78, 5) is 33.6. The van der Waals surface area contributed by atoms with Gasteiger partial charge in [-0.1, -0.05) is 6.42 Å². The maximum absolute atomic E-state index is 12.9. The zero-order chi connectivity index (χ0) is 18.9. The minimum atomic E-state index is -0.566. The van der Waals surface area contributed by atoms with Crippen LogP contribution in [0, 0.1) is 5.92 Å². The van der Waals surface area contributed by atoms with E-state index in [-0.39, 0.29) is 17.8 Å². The Morgan fingerprint density at radius 3 is 2.78 bits per heavy atom. The highest BCUT2D eigenvalue weighted by Gasteiger charge is 2.48. The Balaban J connectivity index is 1.32. The van der Waals surface area contributed by atoms with Gasteiger partial charge in [0.1, 0.15) is 5.60 Å². The number of nitrogens with zero attached hydrogens (tertiary/aromatic N) is 3. The fourth-order valence-corrected chi connectivity index (χ4v) is 4.82. The van der Waals surface area contributed by atoms with Crippen molar-refractivity contribution in [2.45, 2.75) is 50.5 Å². The van der Waals surface area contributed by atoms with E-state index < -0.39 is 5.60 Å². The first-order chi connectivity index (χ1) is 13.1. The third kappa shape index (κ3) is 3.59. The van der Waals surface area contributed by atoms with Gasteiger partial charge in [-0.2, -0.15) is 0 Å². The van der Waals surface area contributed by atoms with Gasteiger partial charge in [-0.15, -0.1) is 0 Å². The SMILES string of the molecule is CN(CCN1CCCCC1)C(=O)[C@H]1CC[C@]2(CC1)OC(=O)c1ccncc12. The van der Waals surface area contributed by atoms with Crippen LogP contribution in [0.2, 0.25) is 0 Å². The quantitative estimate of drug-likeness (QED) is 0.761. The number of amides is 1. The largest absolute Gasteiger partial charge is 0.450 e. The summed E-state index contributed by atoms with van der Waals surface area (Å²) in [5.74, 6) is 0.00910. The molecule has 3 aliphatic rings. The van der Waals surface area contributed by atoms with Crippen molar-refractivity contribution in [1.82, 2.24) is 14.8 Å². The highest BCUT2D eigenvalue weighted by Crippen LogP contribution is 2.47. The van der Waals surface area contributed by atoms with E-state index >= 15 is 0 Å². The molecule has 146 valence electrons. The second kappa shape index (κ2) is 7.58. The zero-order valence-electron chi connectivity index (χ0n) is 16.2. The molecule has 0 N–H and O–H groups in total. The normalized spacial score (nSPS) is 28.0. The van der Waals surface area contributed by atoms with Crippen LogP contribution in [-0.4, -0.2) is 59.9 Å². The molecule has 1 amide bonds. The van der Waals surface area contributed by atoms with Crippen molar-refractivity contribution in [3.8, 4) is 0 Å². The standard InChI is InChI=1S/C21H29N3O3/c1-23(13-14-24-11-3-2-4-12-24)19(25)16-5-8-21(9-6-16)18-15-22-10-7-17(18)20(26)27-21/h7,10,15-16H,2-6,8-9,11-14H2,1H3/t16-,21+. The molecule has 3 heterocycles. The lowest BCUT2D eigenvalue weighted by Crippen LogP contribution is -2.43. The van der Waals surface area contributed by atoms with Crippen LogP contribution in [-0.2, 0) is 15.1 Å². The van der Waals surface area contributed by atoms with E-state index in [9.17, 15) is 9.59 Å². The number of rotatable bonds is 4. The summed E-state index contributed by atoms with van der Waals surface area (Å²) in [6.45, 7) is 4.08. The van der Waals surface area contributed by atoms with Gasteiger partial charge in [-0.3, -0.25) is 9.78 Å². The van der Waals surface area contributed by atoms with Gasteiger partial charge in [-0.25, -0.2) is 4.79 Å². The van der Waals surface area contributed by atoms with E-state index in [0.717, 1.165) is 44.6 Å². The summed E-state index contributed by atoms with van der Waals surface area (Å²) in [6.07, 6.45) is 10.2. The molecule has 4 rings (SSSR count). The number of piperidine rings is 1. The molecule has 6 heteroatoms. The topological polar surface area (TPSA) is 62.7 Å². The number of aromatic nitrogens is 1. The molecule has 1 spiro atoms. The Morgan fingerprint density at radius 2 is 2.04 bits per heavy atom. The number of likely N-dealkylation sites (N-methyl/N-ethyl adjacent to an activating group) is 1. The number of carbonyl (C=O) groups excluding carboxylic acids is 2. The molecule has 0 atom stereocenters. The number of pyridine rings is 1. The van der Waals surface area contributed by atoms with Gasteiger partial charge in [0.05, 0.1) is 5.56 Å². The molecular formula is C21H29N3O3. The van der Waals surface area contributed by atoms with Crippen LogP contribution >= 0.6 is 0 Å². The smallest absolute Gasteiger partial charge is 0.339 e. The average Bonchev–Trinajstić information content (AvgIpc) is 2.99. The first-order valence-electron chi connectivity index (χ1n) is 10.2. The van der Waals surface area contributed by atoms with Crippen LogP contribution in [0.5, 0.6) is 0 Å². The summed E-state index contributed by atoms with van der Waals surface area (Å²) >= 11 is 0. The summed E-state index contributed by atoms with van der Waals surface area (Å²) in [5.41, 5.74) is 0.969. The minimum Gasteiger partial charge on any atom is -0.450 e. The van der Waals surface area contributed by atoms with E-state index in [0.29, 0.717) is 18.4 Å². The van der Waals surface area contributed by atoms with E-state index in [1.54, 1.807) is 18.5 Å². The summed E-state index contributed by atoms with van der Waals surface area (Å²) in [6, 6.07) is 1.73.